The van der Waals surface area contributed by atoms with E-state index < -0.39 is 0 Å². The summed E-state index contributed by atoms with van der Waals surface area (Å²) in [6.45, 7) is 6.85. The topological polar surface area (TPSA) is 29.9 Å². The van der Waals surface area contributed by atoms with Crippen molar-refractivity contribution < 1.29 is 0 Å². The molecule has 0 bridgehead atoms. The van der Waals surface area contributed by atoms with E-state index in [1.165, 1.54) is 5.57 Å². The van der Waals surface area contributed by atoms with Crippen molar-refractivity contribution in [1.82, 2.24) is 9.78 Å². The number of aromatic nitrogens is 2. The van der Waals surface area contributed by atoms with Crippen LogP contribution in [0.1, 0.15) is 13.3 Å². The minimum absolute atomic E-state index is 0.836. The van der Waals surface area contributed by atoms with Gasteiger partial charge in [0.2, 0.25) is 0 Å². The highest BCUT2D eigenvalue weighted by molar-refractivity contribution is 5.39. The van der Waals surface area contributed by atoms with Gasteiger partial charge in [-0.25, -0.2) is 0 Å². The third kappa shape index (κ3) is 2.42. The Labute approximate surface area is 73.1 Å². The normalized spacial score (nSPS) is 9.83. The van der Waals surface area contributed by atoms with Crippen molar-refractivity contribution in [3.05, 3.63) is 24.5 Å². The van der Waals surface area contributed by atoms with Gasteiger partial charge in [0.1, 0.15) is 0 Å². The van der Waals surface area contributed by atoms with Gasteiger partial charge in [-0.2, -0.15) is 5.10 Å². The van der Waals surface area contributed by atoms with Crippen molar-refractivity contribution in [2.24, 2.45) is 7.05 Å². The van der Waals surface area contributed by atoms with Gasteiger partial charge in [0, 0.05) is 19.8 Å². The average molecular weight is 165 g/mol. The molecule has 0 atom stereocenters. The SMILES string of the molecule is C=C(CC)CNc1cnn(C)c1. The molecular weight excluding hydrogens is 150 g/mol. The molecule has 1 rings (SSSR count). The number of nitrogens with one attached hydrogen (secondary N) is 1. The molecule has 12 heavy (non-hydrogen) atoms. The summed E-state index contributed by atoms with van der Waals surface area (Å²) in [5.41, 5.74) is 2.26. The van der Waals surface area contributed by atoms with Crippen LogP contribution in [0.5, 0.6) is 0 Å². The monoisotopic (exact) mass is 165 g/mol. The Morgan fingerprint density at radius 2 is 2.50 bits per heavy atom. The van der Waals surface area contributed by atoms with Crippen LogP contribution in [0, 0.1) is 0 Å². The molecule has 0 unspecified atom stereocenters. The van der Waals surface area contributed by atoms with E-state index in [9.17, 15) is 0 Å². The molecule has 0 amide bonds. The van der Waals surface area contributed by atoms with Crippen LogP contribution in [-0.2, 0) is 7.05 Å². The fraction of sp³-hybridized carbons (Fsp3) is 0.444. The molecule has 1 aromatic heterocycles. The van der Waals surface area contributed by atoms with Crippen LogP contribution in [0.15, 0.2) is 24.5 Å². The van der Waals surface area contributed by atoms with E-state index in [4.69, 9.17) is 0 Å². The van der Waals surface area contributed by atoms with Gasteiger partial charge >= 0.3 is 0 Å². The Morgan fingerprint density at radius 1 is 1.75 bits per heavy atom. The van der Waals surface area contributed by atoms with Crippen LogP contribution in [0.4, 0.5) is 5.69 Å². The highest BCUT2D eigenvalue weighted by Crippen LogP contribution is 2.05. The van der Waals surface area contributed by atoms with E-state index in [0.29, 0.717) is 0 Å². The average Bonchev–Trinajstić information content (AvgIpc) is 2.47. The number of rotatable bonds is 4. The molecule has 0 fully saturated rings. The summed E-state index contributed by atoms with van der Waals surface area (Å²) in [6.07, 6.45) is 4.78. The molecule has 1 heterocycles. The van der Waals surface area contributed by atoms with Crippen LogP contribution in [-0.4, -0.2) is 16.3 Å². The first-order chi connectivity index (χ1) is 5.72. The minimum atomic E-state index is 0.836. The smallest absolute Gasteiger partial charge is 0.0728 e. The summed E-state index contributed by atoms with van der Waals surface area (Å²) in [6, 6.07) is 0. The fourth-order valence-corrected chi connectivity index (χ4v) is 0.865. The second-order valence-corrected chi connectivity index (χ2v) is 2.86. The van der Waals surface area contributed by atoms with Gasteiger partial charge in [0.25, 0.3) is 0 Å². The van der Waals surface area contributed by atoms with E-state index in [1.807, 2.05) is 19.4 Å². The minimum Gasteiger partial charge on any atom is -0.379 e. The second kappa shape index (κ2) is 3.95. The van der Waals surface area contributed by atoms with Crippen LogP contribution in [0.25, 0.3) is 0 Å². The highest BCUT2D eigenvalue weighted by atomic mass is 15.3. The highest BCUT2D eigenvalue weighted by Gasteiger charge is 1.94. The molecule has 0 radical (unpaired) electrons. The molecule has 0 spiro atoms. The van der Waals surface area contributed by atoms with Crippen molar-refractivity contribution in [1.29, 1.82) is 0 Å². The molecule has 66 valence electrons. The standard InChI is InChI=1S/C9H15N3/c1-4-8(2)5-10-9-6-11-12(3)7-9/h6-7,10H,2,4-5H2,1,3H3. The molecular formula is C9H15N3. The fourth-order valence-electron chi connectivity index (χ4n) is 0.865. The van der Waals surface area contributed by atoms with Crippen LogP contribution in [0.3, 0.4) is 0 Å². The first kappa shape index (κ1) is 8.84. The van der Waals surface area contributed by atoms with Crippen molar-refractivity contribution in [3.63, 3.8) is 0 Å². The Hall–Kier alpha value is -1.25. The zero-order chi connectivity index (χ0) is 8.97. The van der Waals surface area contributed by atoms with Crippen LogP contribution < -0.4 is 5.32 Å². The zero-order valence-electron chi connectivity index (χ0n) is 7.67. The summed E-state index contributed by atoms with van der Waals surface area (Å²) in [7, 11) is 1.90. The molecule has 0 aliphatic carbocycles. The molecule has 3 nitrogen and oxygen atoms in total. The Morgan fingerprint density at radius 3 is 3.00 bits per heavy atom. The lowest BCUT2D eigenvalue weighted by molar-refractivity contribution is 0.768. The van der Waals surface area contributed by atoms with Crippen molar-refractivity contribution in [2.45, 2.75) is 13.3 Å². The summed E-state index contributed by atoms with van der Waals surface area (Å²) < 4.78 is 1.77. The van der Waals surface area contributed by atoms with E-state index in [-0.39, 0.29) is 0 Å². The first-order valence-corrected chi connectivity index (χ1v) is 4.11. The van der Waals surface area contributed by atoms with Gasteiger partial charge in [-0.3, -0.25) is 4.68 Å². The maximum absolute atomic E-state index is 4.04. The quantitative estimate of drug-likeness (QED) is 0.689. The molecule has 0 aromatic carbocycles. The molecule has 3 heteroatoms. The summed E-state index contributed by atoms with van der Waals surface area (Å²) >= 11 is 0. The number of aryl methyl sites for hydroxylation is 1. The van der Waals surface area contributed by atoms with E-state index in [2.05, 4.69) is 23.9 Å². The lowest BCUT2D eigenvalue weighted by atomic mass is 10.2. The van der Waals surface area contributed by atoms with Gasteiger partial charge in [0.15, 0.2) is 0 Å². The molecule has 0 aliphatic heterocycles. The van der Waals surface area contributed by atoms with E-state index >= 15 is 0 Å². The van der Waals surface area contributed by atoms with Gasteiger partial charge in [-0.1, -0.05) is 19.1 Å². The van der Waals surface area contributed by atoms with Crippen molar-refractivity contribution in [3.8, 4) is 0 Å². The van der Waals surface area contributed by atoms with Gasteiger partial charge in [-0.15, -0.1) is 0 Å². The Bertz CT molecular complexity index is 262. The lowest BCUT2D eigenvalue weighted by Gasteiger charge is -2.03. The van der Waals surface area contributed by atoms with Crippen molar-refractivity contribution >= 4 is 5.69 Å². The number of nitrogens with zero attached hydrogens (tertiary/aromatic N) is 2. The van der Waals surface area contributed by atoms with E-state index in [0.717, 1.165) is 18.7 Å². The first-order valence-electron chi connectivity index (χ1n) is 4.11. The number of anilines is 1. The van der Waals surface area contributed by atoms with Gasteiger partial charge in [-0.05, 0) is 6.42 Å². The third-order valence-corrected chi connectivity index (χ3v) is 1.75. The molecule has 1 aromatic rings. The van der Waals surface area contributed by atoms with Crippen LogP contribution >= 0.6 is 0 Å². The predicted octanol–water partition coefficient (Wildman–Crippen LogP) is 1.80. The maximum Gasteiger partial charge on any atom is 0.0728 e. The number of hydrogen-bond donors (Lipinski definition) is 1. The molecule has 1 N–H and O–H groups in total. The molecule has 0 aliphatic rings. The number of hydrogen-bond acceptors (Lipinski definition) is 2. The Kier molecular flexibility index (Phi) is 2.91. The maximum atomic E-state index is 4.04. The van der Waals surface area contributed by atoms with Crippen molar-refractivity contribution in [2.75, 3.05) is 11.9 Å². The molecule has 0 saturated heterocycles. The van der Waals surface area contributed by atoms with Gasteiger partial charge < -0.3 is 5.32 Å². The van der Waals surface area contributed by atoms with Crippen LogP contribution in [0.2, 0.25) is 0 Å². The zero-order valence-corrected chi connectivity index (χ0v) is 7.67. The summed E-state index contributed by atoms with van der Waals surface area (Å²) in [5.74, 6) is 0. The molecule has 0 saturated carbocycles. The second-order valence-electron chi connectivity index (χ2n) is 2.86. The summed E-state index contributed by atoms with van der Waals surface area (Å²) in [4.78, 5) is 0. The summed E-state index contributed by atoms with van der Waals surface area (Å²) in [5, 5.41) is 7.28. The Balaban J connectivity index is 2.38. The lowest BCUT2D eigenvalue weighted by Crippen LogP contribution is -2.02. The van der Waals surface area contributed by atoms with Gasteiger partial charge in [0.05, 0.1) is 11.9 Å². The third-order valence-electron chi connectivity index (χ3n) is 1.75. The predicted molar refractivity (Wildman–Crippen MR) is 51.1 cm³/mol. The van der Waals surface area contributed by atoms with E-state index in [1.54, 1.807) is 4.68 Å². The largest absolute Gasteiger partial charge is 0.379 e.